The van der Waals surface area contributed by atoms with Crippen LogP contribution in [0.3, 0.4) is 0 Å². The number of carbonyl (C=O) groups is 2. The van der Waals surface area contributed by atoms with Crippen LogP contribution in [-0.2, 0) is 14.4 Å². The van der Waals surface area contributed by atoms with Crippen molar-refractivity contribution in [3.8, 4) is 0 Å². The van der Waals surface area contributed by atoms with E-state index in [-0.39, 0.29) is 18.1 Å². The van der Waals surface area contributed by atoms with Crippen molar-refractivity contribution in [3.05, 3.63) is 18.5 Å². The molecule has 0 radical (unpaired) electrons. The Bertz CT molecular complexity index is 473. The topological polar surface area (TPSA) is 114 Å². The summed E-state index contributed by atoms with van der Waals surface area (Å²) in [6, 6.07) is 1.60. The molecule has 1 aliphatic rings. The summed E-state index contributed by atoms with van der Waals surface area (Å²) in [7, 11) is 0. The van der Waals surface area contributed by atoms with Gasteiger partial charge in [-0.2, -0.15) is 0 Å². The summed E-state index contributed by atoms with van der Waals surface area (Å²) in [6.45, 7) is 0. The Balaban J connectivity index is 1.93. The van der Waals surface area contributed by atoms with Crippen LogP contribution >= 0.6 is 0 Å². The molecule has 17 heavy (non-hydrogen) atoms. The van der Waals surface area contributed by atoms with Crippen molar-refractivity contribution in [2.45, 2.75) is 12.5 Å². The van der Waals surface area contributed by atoms with Crippen molar-refractivity contribution in [3.63, 3.8) is 0 Å². The van der Waals surface area contributed by atoms with E-state index >= 15 is 0 Å². The molecule has 8 heteroatoms. The number of hydrogen-bond donors (Lipinski definition) is 2. The lowest BCUT2D eigenvalue weighted by Gasteiger charge is -2.07. The van der Waals surface area contributed by atoms with Crippen LogP contribution in [0, 0.1) is 0 Å². The lowest BCUT2D eigenvalue weighted by atomic mass is 10.2. The first-order valence-electron chi connectivity index (χ1n) is 4.70. The average molecular weight is 236 g/mol. The summed E-state index contributed by atoms with van der Waals surface area (Å²) in [5.74, 6) is -1.60. The second-order valence-electron chi connectivity index (χ2n) is 3.20. The number of amides is 1. The summed E-state index contributed by atoms with van der Waals surface area (Å²) in [5, 5.41) is 14.3. The maximum absolute atomic E-state index is 11.6. The van der Waals surface area contributed by atoms with Crippen LogP contribution in [0.25, 0.3) is 0 Å². The van der Waals surface area contributed by atoms with Crippen molar-refractivity contribution >= 4 is 23.5 Å². The van der Waals surface area contributed by atoms with Crippen molar-refractivity contribution in [2.24, 2.45) is 5.16 Å². The van der Waals surface area contributed by atoms with E-state index in [4.69, 9.17) is 9.94 Å². The molecule has 1 atom stereocenters. The van der Waals surface area contributed by atoms with Gasteiger partial charge in [0.2, 0.25) is 12.1 Å². The lowest BCUT2D eigenvalue weighted by molar-refractivity contribution is -0.129. The zero-order valence-corrected chi connectivity index (χ0v) is 8.53. The number of anilines is 1. The fourth-order valence-corrected chi connectivity index (χ4v) is 1.20. The van der Waals surface area contributed by atoms with Crippen molar-refractivity contribution < 1.29 is 19.5 Å². The highest BCUT2D eigenvalue weighted by atomic mass is 16.6. The van der Waals surface area contributed by atoms with Crippen LogP contribution in [0.1, 0.15) is 6.42 Å². The van der Waals surface area contributed by atoms with Gasteiger partial charge in [-0.25, -0.2) is 14.8 Å². The van der Waals surface area contributed by atoms with Gasteiger partial charge >= 0.3 is 5.97 Å². The molecular formula is C9H8N4O4. The number of carboxylic acid groups (broad SMARTS) is 1. The van der Waals surface area contributed by atoms with Gasteiger partial charge in [0.15, 0.2) is 5.71 Å². The molecule has 0 spiro atoms. The number of rotatable bonds is 3. The van der Waals surface area contributed by atoms with Crippen LogP contribution in [-0.4, -0.2) is 38.8 Å². The first-order chi connectivity index (χ1) is 8.16. The second kappa shape index (κ2) is 4.56. The number of aromatic nitrogens is 2. The van der Waals surface area contributed by atoms with Crippen LogP contribution in [0.2, 0.25) is 0 Å². The number of nitrogens with zero attached hydrogens (tertiary/aromatic N) is 3. The average Bonchev–Trinajstić information content (AvgIpc) is 2.79. The first-order valence-corrected chi connectivity index (χ1v) is 4.70. The summed E-state index contributed by atoms with van der Waals surface area (Å²) < 4.78 is 0. The van der Waals surface area contributed by atoms with E-state index in [1.54, 1.807) is 6.07 Å². The standard InChI is InChI=1S/C9H8N4O4/c14-7(12-9-10-2-1-3-11-9)6-4-5(8(15)16)13-17-6/h1-3,6H,4H2,(H,15,16)(H,10,11,12,14). The zero-order chi connectivity index (χ0) is 12.3. The van der Waals surface area contributed by atoms with Gasteiger partial charge < -0.3 is 9.94 Å². The van der Waals surface area contributed by atoms with Gasteiger partial charge in [0.25, 0.3) is 5.91 Å². The highest BCUT2D eigenvalue weighted by Gasteiger charge is 2.31. The zero-order valence-electron chi connectivity index (χ0n) is 8.53. The number of aliphatic carboxylic acids is 1. The highest BCUT2D eigenvalue weighted by molar-refractivity contribution is 6.36. The molecule has 0 saturated heterocycles. The van der Waals surface area contributed by atoms with Crippen LogP contribution in [0.5, 0.6) is 0 Å². The molecule has 0 aliphatic carbocycles. The largest absolute Gasteiger partial charge is 0.477 e. The molecule has 0 saturated carbocycles. The summed E-state index contributed by atoms with van der Waals surface area (Å²) >= 11 is 0. The van der Waals surface area contributed by atoms with Gasteiger partial charge in [0, 0.05) is 18.8 Å². The molecule has 0 bridgehead atoms. The number of hydrogen-bond acceptors (Lipinski definition) is 6. The number of carboxylic acids is 1. The molecule has 1 unspecified atom stereocenters. The van der Waals surface area contributed by atoms with Crippen molar-refractivity contribution in [2.75, 3.05) is 5.32 Å². The molecule has 1 aliphatic heterocycles. The Kier molecular flexibility index (Phi) is 2.95. The Morgan fingerprint density at radius 1 is 1.41 bits per heavy atom. The predicted octanol–water partition coefficient (Wildman–Crippen LogP) is -0.355. The van der Waals surface area contributed by atoms with E-state index in [2.05, 4.69) is 20.4 Å². The Morgan fingerprint density at radius 3 is 2.71 bits per heavy atom. The summed E-state index contributed by atoms with van der Waals surface area (Å²) in [6.07, 6.45) is 1.91. The van der Waals surface area contributed by atoms with Crippen molar-refractivity contribution in [1.82, 2.24) is 9.97 Å². The van der Waals surface area contributed by atoms with Gasteiger partial charge in [0.05, 0.1) is 0 Å². The van der Waals surface area contributed by atoms with E-state index in [0.717, 1.165) is 0 Å². The summed E-state index contributed by atoms with van der Waals surface area (Å²) in [5.41, 5.74) is -0.181. The van der Waals surface area contributed by atoms with E-state index in [1.807, 2.05) is 0 Å². The minimum absolute atomic E-state index is 0.0754. The number of oxime groups is 1. The minimum atomic E-state index is -1.20. The van der Waals surface area contributed by atoms with E-state index < -0.39 is 18.0 Å². The number of nitrogens with one attached hydrogen (secondary N) is 1. The molecule has 1 amide bonds. The van der Waals surface area contributed by atoms with Gasteiger partial charge in [-0.05, 0) is 6.07 Å². The van der Waals surface area contributed by atoms with Crippen LogP contribution < -0.4 is 5.32 Å². The third-order valence-corrected chi connectivity index (χ3v) is 2.01. The van der Waals surface area contributed by atoms with Gasteiger partial charge in [-0.3, -0.25) is 10.1 Å². The SMILES string of the molecule is O=C(O)C1=NOC(C(=O)Nc2ncccn2)C1. The van der Waals surface area contributed by atoms with Gasteiger partial charge in [-0.1, -0.05) is 5.16 Å². The lowest BCUT2D eigenvalue weighted by Crippen LogP contribution is -2.29. The second-order valence-corrected chi connectivity index (χ2v) is 3.20. The van der Waals surface area contributed by atoms with Gasteiger partial charge in [-0.15, -0.1) is 0 Å². The Labute approximate surface area is 95.3 Å². The molecule has 0 fully saturated rings. The third kappa shape index (κ3) is 2.54. The van der Waals surface area contributed by atoms with E-state index in [1.165, 1.54) is 12.4 Å². The monoisotopic (exact) mass is 236 g/mol. The number of carbonyl (C=O) groups excluding carboxylic acids is 1. The fraction of sp³-hybridized carbons (Fsp3) is 0.222. The van der Waals surface area contributed by atoms with E-state index in [9.17, 15) is 9.59 Å². The Morgan fingerprint density at radius 2 is 2.12 bits per heavy atom. The normalized spacial score (nSPS) is 18.1. The molecule has 1 aromatic heterocycles. The maximum Gasteiger partial charge on any atom is 0.353 e. The molecule has 8 nitrogen and oxygen atoms in total. The van der Waals surface area contributed by atoms with Gasteiger partial charge in [0.1, 0.15) is 0 Å². The third-order valence-electron chi connectivity index (χ3n) is 2.01. The minimum Gasteiger partial charge on any atom is -0.477 e. The van der Waals surface area contributed by atoms with Crippen molar-refractivity contribution in [1.29, 1.82) is 0 Å². The Hall–Kier alpha value is -2.51. The molecule has 2 heterocycles. The highest BCUT2D eigenvalue weighted by Crippen LogP contribution is 2.12. The molecule has 2 rings (SSSR count). The van der Waals surface area contributed by atoms with Crippen LogP contribution in [0.4, 0.5) is 5.95 Å². The quantitative estimate of drug-likeness (QED) is 0.741. The molecule has 0 aromatic carbocycles. The van der Waals surface area contributed by atoms with Crippen LogP contribution in [0.15, 0.2) is 23.6 Å². The van der Waals surface area contributed by atoms with E-state index in [0.29, 0.717) is 0 Å². The molecule has 88 valence electrons. The molecule has 2 N–H and O–H groups in total. The smallest absolute Gasteiger partial charge is 0.353 e. The molecular weight excluding hydrogens is 228 g/mol. The summed E-state index contributed by atoms with van der Waals surface area (Å²) in [4.78, 5) is 34.4. The predicted molar refractivity (Wildman–Crippen MR) is 55.2 cm³/mol. The fourth-order valence-electron chi connectivity index (χ4n) is 1.20. The first kappa shape index (κ1) is 11.0. The molecule has 1 aromatic rings. The maximum atomic E-state index is 11.6.